The molecule has 0 radical (unpaired) electrons. The summed E-state index contributed by atoms with van der Waals surface area (Å²) in [6.07, 6.45) is 4.13. The van der Waals surface area contributed by atoms with Crippen LogP contribution in [0.15, 0.2) is 18.5 Å². The molecule has 72 valence electrons. The van der Waals surface area contributed by atoms with Crippen molar-refractivity contribution in [3.63, 3.8) is 0 Å². The number of rotatable bonds is 5. The van der Waals surface area contributed by atoms with E-state index in [0.717, 1.165) is 6.42 Å². The molecule has 0 bridgehead atoms. The summed E-state index contributed by atoms with van der Waals surface area (Å²) in [5.74, 6) is 1.41. The first-order valence-electron chi connectivity index (χ1n) is 4.18. The van der Waals surface area contributed by atoms with Crippen molar-refractivity contribution >= 4 is 0 Å². The van der Waals surface area contributed by atoms with Gasteiger partial charge in [-0.15, -0.1) is 0 Å². The molecule has 0 aromatic carbocycles. The third-order valence-corrected chi connectivity index (χ3v) is 1.54. The molecule has 0 amide bonds. The summed E-state index contributed by atoms with van der Waals surface area (Å²) in [5.41, 5.74) is 5.33. The van der Waals surface area contributed by atoms with Crippen LogP contribution in [0.25, 0.3) is 0 Å². The van der Waals surface area contributed by atoms with Gasteiger partial charge in [0.25, 0.3) is 0 Å². The van der Waals surface area contributed by atoms with E-state index in [4.69, 9.17) is 15.2 Å². The zero-order chi connectivity index (χ0) is 9.52. The van der Waals surface area contributed by atoms with Crippen LogP contribution in [0.4, 0.5) is 0 Å². The van der Waals surface area contributed by atoms with Crippen molar-refractivity contribution in [3.05, 3.63) is 18.5 Å². The van der Waals surface area contributed by atoms with Crippen LogP contribution in [0.2, 0.25) is 0 Å². The molecule has 4 heteroatoms. The predicted molar refractivity (Wildman–Crippen MR) is 50.0 cm³/mol. The van der Waals surface area contributed by atoms with E-state index in [9.17, 15) is 0 Å². The minimum atomic E-state index is 0.616. The van der Waals surface area contributed by atoms with Crippen LogP contribution < -0.4 is 15.2 Å². The molecule has 0 unspecified atom stereocenters. The van der Waals surface area contributed by atoms with E-state index >= 15 is 0 Å². The number of ether oxygens (including phenoxy) is 2. The zero-order valence-corrected chi connectivity index (χ0v) is 7.69. The lowest BCUT2D eigenvalue weighted by Gasteiger charge is -2.05. The minimum Gasteiger partial charge on any atom is -0.495 e. The van der Waals surface area contributed by atoms with E-state index in [2.05, 4.69) is 4.98 Å². The molecule has 0 aliphatic carbocycles. The second-order valence-corrected chi connectivity index (χ2v) is 2.55. The third-order valence-electron chi connectivity index (χ3n) is 1.54. The Morgan fingerprint density at radius 1 is 1.38 bits per heavy atom. The van der Waals surface area contributed by atoms with Gasteiger partial charge in [-0.05, 0) is 13.0 Å². The summed E-state index contributed by atoms with van der Waals surface area (Å²) >= 11 is 0. The molecule has 13 heavy (non-hydrogen) atoms. The Balaban J connectivity index is 2.46. The molecule has 0 spiro atoms. The molecule has 0 saturated carbocycles. The first-order chi connectivity index (χ1) is 6.36. The summed E-state index contributed by atoms with van der Waals surface area (Å²) in [6, 6.07) is 1.80. The van der Waals surface area contributed by atoms with Gasteiger partial charge in [0.1, 0.15) is 11.5 Å². The van der Waals surface area contributed by atoms with Gasteiger partial charge in [0.2, 0.25) is 0 Å². The normalized spacial score (nSPS) is 9.69. The number of aromatic nitrogens is 1. The lowest BCUT2D eigenvalue weighted by molar-refractivity contribution is 0.309. The fourth-order valence-corrected chi connectivity index (χ4v) is 0.863. The van der Waals surface area contributed by atoms with Crippen molar-refractivity contribution in [2.45, 2.75) is 6.42 Å². The molecule has 0 atom stereocenters. The van der Waals surface area contributed by atoms with Crippen molar-refractivity contribution < 1.29 is 9.47 Å². The smallest absolute Gasteiger partial charge is 0.141 e. The number of pyridine rings is 1. The molecule has 1 aromatic rings. The summed E-state index contributed by atoms with van der Waals surface area (Å²) in [6.45, 7) is 1.25. The number of nitrogens with two attached hydrogens (primary N) is 1. The van der Waals surface area contributed by atoms with Crippen molar-refractivity contribution in [2.24, 2.45) is 5.73 Å². The fourth-order valence-electron chi connectivity index (χ4n) is 0.863. The Morgan fingerprint density at radius 2 is 2.15 bits per heavy atom. The highest BCUT2D eigenvalue weighted by Crippen LogP contribution is 2.16. The molecular formula is C9H14N2O2. The van der Waals surface area contributed by atoms with Crippen molar-refractivity contribution in [2.75, 3.05) is 20.3 Å². The van der Waals surface area contributed by atoms with Gasteiger partial charge >= 0.3 is 0 Å². The van der Waals surface area contributed by atoms with E-state index in [1.54, 1.807) is 25.6 Å². The third kappa shape index (κ3) is 3.29. The minimum absolute atomic E-state index is 0.616. The van der Waals surface area contributed by atoms with Crippen LogP contribution in [0.5, 0.6) is 11.5 Å². The lowest BCUT2D eigenvalue weighted by Crippen LogP contribution is -2.06. The highest BCUT2D eigenvalue weighted by Gasteiger charge is 1.96. The van der Waals surface area contributed by atoms with E-state index < -0.39 is 0 Å². The van der Waals surface area contributed by atoms with Gasteiger partial charge in [-0.1, -0.05) is 0 Å². The second-order valence-electron chi connectivity index (χ2n) is 2.55. The van der Waals surface area contributed by atoms with Crippen molar-refractivity contribution in [1.29, 1.82) is 0 Å². The van der Waals surface area contributed by atoms with Crippen molar-refractivity contribution in [3.8, 4) is 11.5 Å². The summed E-state index contributed by atoms with van der Waals surface area (Å²) in [7, 11) is 1.60. The van der Waals surface area contributed by atoms with Crippen molar-refractivity contribution in [1.82, 2.24) is 4.98 Å². The molecular weight excluding hydrogens is 168 g/mol. The van der Waals surface area contributed by atoms with Crippen LogP contribution in [-0.4, -0.2) is 25.2 Å². The first kappa shape index (κ1) is 9.80. The zero-order valence-electron chi connectivity index (χ0n) is 7.69. The van der Waals surface area contributed by atoms with Gasteiger partial charge in [0.05, 0.1) is 26.1 Å². The Morgan fingerprint density at radius 3 is 2.85 bits per heavy atom. The largest absolute Gasteiger partial charge is 0.495 e. The van der Waals surface area contributed by atoms with Gasteiger partial charge in [0, 0.05) is 6.07 Å². The average molecular weight is 182 g/mol. The molecule has 0 fully saturated rings. The van der Waals surface area contributed by atoms with Gasteiger partial charge in [-0.25, -0.2) is 0 Å². The second kappa shape index (κ2) is 5.37. The topological polar surface area (TPSA) is 57.4 Å². The maximum absolute atomic E-state index is 5.37. The van der Waals surface area contributed by atoms with Crippen LogP contribution >= 0.6 is 0 Å². The molecule has 0 aliphatic rings. The first-order valence-corrected chi connectivity index (χ1v) is 4.18. The van der Waals surface area contributed by atoms with Crippen LogP contribution in [0.3, 0.4) is 0 Å². The maximum Gasteiger partial charge on any atom is 0.141 e. The van der Waals surface area contributed by atoms with Crippen LogP contribution in [0.1, 0.15) is 6.42 Å². The molecule has 1 heterocycles. The average Bonchev–Trinajstić information content (AvgIpc) is 2.19. The molecule has 0 saturated heterocycles. The quantitative estimate of drug-likeness (QED) is 0.685. The molecule has 4 nitrogen and oxygen atoms in total. The van der Waals surface area contributed by atoms with Gasteiger partial charge in [-0.3, -0.25) is 4.98 Å². The van der Waals surface area contributed by atoms with E-state index in [0.29, 0.717) is 24.7 Å². The Kier molecular flexibility index (Phi) is 4.05. The standard InChI is InChI=1S/C9H14N2O2/c1-12-8-5-9(7-11-6-8)13-4-2-3-10/h5-7H,2-4,10H2,1H3. The highest BCUT2D eigenvalue weighted by atomic mass is 16.5. The number of hydrogen-bond acceptors (Lipinski definition) is 4. The van der Waals surface area contributed by atoms with Gasteiger partial charge in [-0.2, -0.15) is 0 Å². The van der Waals surface area contributed by atoms with Gasteiger partial charge < -0.3 is 15.2 Å². The maximum atomic E-state index is 5.37. The van der Waals surface area contributed by atoms with E-state index in [-0.39, 0.29) is 0 Å². The fraction of sp³-hybridized carbons (Fsp3) is 0.444. The Bertz CT molecular complexity index is 253. The number of nitrogens with zero attached hydrogens (tertiary/aromatic N) is 1. The summed E-state index contributed by atoms with van der Waals surface area (Å²) in [4.78, 5) is 3.95. The monoisotopic (exact) mass is 182 g/mol. The van der Waals surface area contributed by atoms with E-state index in [1.165, 1.54) is 0 Å². The van der Waals surface area contributed by atoms with Crippen LogP contribution in [0, 0.1) is 0 Å². The Hall–Kier alpha value is -1.29. The van der Waals surface area contributed by atoms with E-state index in [1.807, 2.05) is 0 Å². The highest BCUT2D eigenvalue weighted by molar-refractivity contribution is 5.27. The SMILES string of the molecule is COc1cncc(OCCCN)c1. The molecule has 1 aromatic heterocycles. The molecule has 1 rings (SSSR count). The number of hydrogen-bond donors (Lipinski definition) is 1. The van der Waals surface area contributed by atoms with Crippen LogP contribution in [-0.2, 0) is 0 Å². The number of methoxy groups -OCH3 is 1. The predicted octanol–water partition coefficient (Wildman–Crippen LogP) is 0.818. The summed E-state index contributed by atoms with van der Waals surface area (Å²) < 4.78 is 10.4. The van der Waals surface area contributed by atoms with Gasteiger partial charge in [0.15, 0.2) is 0 Å². The molecule has 0 aliphatic heterocycles. The summed E-state index contributed by atoms with van der Waals surface area (Å²) in [5, 5.41) is 0. The Labute approximate surface area is 77.7 Å². The lowest BCUT2D eigenvalue weighted by atomic mass is 10.4. The molecule has 2 N–H and O–H groups in total.